The highest BCUT2D eigenvalue weighted by atomic mass is 35.5. The van der Waals surface area contributed by atoms with Crippen molar-refractivity contribution in [3.05, 3.63) is 45.0 Å². The highest BCUT2D eigenvalue weighted by molar-refractivity contribution is 8.01. The van der Waals surface area contributed by atoms with Crippen LogP contribution in [-0.4, -0.2) is 34.9 Å². The number of halogens is 1. The Bertz CT molecular complexity index is 770. The summed E-state index contributed by atoms with van der Waals surface area (Å²) < 4.78 is 0.734. The molecule has 1 amide bonds. The first-order chi connectivity index (χ1) is 11.9. The van der Waals surface area contributed by atoms with Crippen molar-refractivity contribution in [2.75, 3.05) is 13.1 Å². The monoisotopic (exact) mass is 416 g/mol. The Labute approximate surface area is 166 Å². The van der Waals surface area contributed by atoms with E-state index in [1.54, 1.807) is 12.1 Å². The summed E-state index contributed by atoms with van der Waals surface area (Å²) in [6, 6.07) is 4.65. The number of nitro benzene ring substituents is 1. The van der Waals surface area contributed by atoms with Gasteiger partial charge in [0.2, 0.25) is 0 Å². The van der Waals surface area contributed by atoms with Crippen LogP contribution in [0.3, 0.4) is 0 Å². The Hall–Kier alpha value is -1.68. The maximum absolute atomic E-state index is 12.2. The maximum atomic E-state index is 12.2. The summed E-state index contributed by atoms with van der Waals surface area (Å²) in [4.78, 5) is 27.9. The van der Waals surface area contributed by atoms with Crippen molar-refractivity contribution in [2.24, 2.45) is 0 Å². The molecule has 0 saturated carbocycles. The lowest BCUT2D eigenvalue weighted by Gasteiger charge is -2.13. The number of hydrogen-bond acceptors (Lipinski definition) is 7. The smallest absolute Gasteiger partial charge is 0.284 e. The fourth-order valence-corrected chi connectivity index (χ4v) is 4.01. The molecule has 0 bridgehead atoms. The fourth-order valence-electron chi connectivity index (χ4n) is 2.13. The summed E-state index contributed by atoms with van der Waals surface area (Å²) in [7, 11) is 0. The van der Waals surface area contributed by atoms with Crippen molar-refractivity contribution in [2.45, 2.75) is 36.0 Å². The molecule has 1 aromatic heterocycles. The van der Waals surface area contributed by atoms with Gasteiger partial charge in [-0.25, -0.2) is 4.98 Å². The van der Waals surface area contributed by atoms with Crippen LogP contribution < -0.4 is 10.6 Å². The average molecular weight is 417 g/mol. The Kier molecular flexibility index (Phi) is 9.00. The number of hydrogen-bond donors (Lipinski definition) is 2. The number of amides is 1. The van der Waals surface area contributed by atoms with Crippen LogP contribution >= 0.6 is 35.5 Å². The molecule has 0 aliphatic carbocycles. The molecule has 1 aromatic carbocycles. The summed E-state index contributed by atoms with van der Waals surface area (Å²) in [5, 5.41) is 19.2. The highest BCUT2D eigenvalue weighted by Gasteiger charge is 2.19. The molecule has 10 heteroatoms. The minimum Gasteiger partial charge on any atom is -0.350 e. The van der Waals surface area contributed by atoms with E-state index >= 15 is 0 Å². The molecule has 26 heavy (non-hydrogen) atoms. The van der Waals surface area contributed by atoms with Crippen LogP contribution in [0, 0.1) is 17.0 Å². The summed E-state index contributed by atoms with van der Waals surface area (Å²) in [6.07, 6.45) is 0. The zero-order valence-electron chi connectivity index (χ0n) is 14.6. The van der Waals surface area contributed by atoms with Crippen LogP contribution in [0.5, 0.6) is 0 Å². The third kappa shape index (κ3) is 6.24. The first-order valence-corrected chi connectivity index (χ1v) is 9.50. The molecule has 0 spiro atoms. The Balaban J connectivity index is 0.00000338. The molecule has 0 saturated heterocycles. The van der Waals surface area contributed by atoms with Crippen LogP contribution in [0.25, 0.3) is 0 Å². The number of aryl methyl sites for hydroxylation is 1. The first-order valence-electron chi connectivity index (χ1n) is 7.80. The standard InChI is InChI=1S/C16H20N4O3S2.ClH/c1-4-17-10(2)8-18-15(21)12-5-6-14(13(7-12)20(22)23)25-16-19-11(3)9-24-16;/h5-7,9-10,17H,4,8H2,1-3H3,(H,18,21);1H/t10-;/m1./s1. The van der Waals surface area contributed by atoms with E-state index in [4.69, 9.17) is 0 Å². The zero-order valence-corrected chi connectivity index (χ0v) is 17.1. The lowest BCUT2D eigenvalue weighted by atomic mass is 10.2. The first kappa shape index (κ1) is 22.4. The van der Waals surface area contributed by atoms with Gasteiger partial charge in [0, 0.05) is 35.3 Å². The van der Waals surface area contributed by atoms with Gasteiger partial charge in [-0.3, -0.25) is 14.9 Å². The molecule has 0 aliphatic rings. The van der Waals surface area contributed by atoms with E-state index in [9.17, 15) is 14.9 Å². The van der Waals surface area contributed by atoms with Gasteiger partial charge in [-0.05, 0) is 32.5 Å². The Morgan fingerprint density at radius 1 is 1.46 bits per heavy atom. The third-order valence-corrected chi connectivity index (χ3v) is 5.46. The van der Waals surface area contributed by atoms with Crippen LogP contribution in [0.2, 0.25) is 0 Å². The molecular formula is C16H21ClN4O3S2. The number of carbonyl (C=O) groups is 1. The van der Waals surface area contributed by atoms with Gasteiger partial charge in [0.05, 0.1) is 9.82 Å². The number of nitrogens with one attached hydrogen (secondary N) is 2. The molecular weight excluding hydrogens is 396 g/mol. The number of nitrogens with zero attached hydrogens (tertiary/aromatic N) is 2. The van der Waals surface area contributed by atoms with Crippen molar-refractivity contribution in [1.29, 1.82) is 0 Å². The molecule has 7 nitrogen and oxygen atoms in total. The number of likely N-dealkylation sites (N-methyl/N-ethyl adjacent to an activating group) is 1. The topological polar surface area (TPSA) is 97.2 Å². The Morgan fingerprint density at radius 2 is 2.19 bits per heavy atom. The number of aromatic nitrogens is 1. The van der Waals surface area contributed by atoms with E-state index in [-0.39, 0.29) is 35.6 Å². The maximum Gasteiger partial charge on any atom is 0.284 e. The van der Waals surface area contributed by atoms with Gasteiger partial charge in [-0.1, -0.05) is 18.7 Å². The number of rotatable bonds is 8. The molecule has 1 atom stereocenters. The van der Waals surface area contributed by atoms with Crippen LogP contribution in [0.15, 0.2) is 32.8 Å². The predicted octanol–water partition coefficient (Wildman–Crippen LogP) is 3.66. The van der Waals surface area contributed by atoms with Gasteiger partial charge >= 0.3 is 0 Å². The summed E-state index contributed by atoms with van der Waals surface area (Å²) in [5.41, 5.74) is 1.06. The van der Waals surface area contributed by atoms with Gasteiger partial charge in [-0.15, -0.1) is 23.7 Å². The number of carbonyl (C=O) groups excluding carboxylic acids is 1. The van der Waals surface area contributed by atoms with Crippen LogP contribution in [-0.2, 0) is 0 Å². The molecule has 0 unspecified atom stereocenters. The van der Waals surface area contributed by atoms with Crippen molar-refractivity contribution in [1.82, 2.24) is 15.6 Å². The van der Waals surface area contributed by atoms with Crippen molar-refractivity contribution < 1.29 is 9.72 Å². The summed E-state index contributed by atoms with van der Waals surface area (Å²) in [6.45, 7) is 7.08. The molecule has 2 N–H and O–H groups in total. The van der Waals surface area contributed by atoms with Gasteiger partial charge < -0.3 is 10.6 Å². The molecule has 2 aromatic rings. The SMILES string of the molecule is CCN[C@H](C)CNC(=O)c1ccc(Sc2nc(C)cs2)c([N+](=O)[O-])c1.Cl. The summed E-state index contributed by atoms with van der Waals surface area (Å²) >= 11 is 2.67. The minimum absolute atomic E-state index is 0. The van der Waals surface area contributed by atoms with Gasteiger partial charge in [-0.2, -0.15) is 0 Å². The third-order valence-electron chi connectivity index (χ3n) is 3.33. The van der Waals surface area contributed by atoms with Crippen molar-refractivity contribution in [3.8, 4) is 0 Å². The second-order valence-corrected chi connectivity index (χ2v) is 7.61. The molecule has 0 radical (unpaired) electrons. The van der Waals surface area contributed by atoms with E-state index in [1.165, 1.54) is 29.2 Å². The minimum atomic E-state index is -0.471. The lowest BCUT2D eigenvalue weighted by molar-refractivity contribution is -0.387. The number of thiazole rings is 1. The largest absolute Gasteiger partial charge is 0.350 e. The predicted molar refractivity (Wildman–Crippen MR) is 107 cm³/mol. The molecule has 0 aliphatic heterocycles. The highest BCUT2D eigenvalue weighted by Crippen LogP contribution is 2.36. The average Bonchev–Trinajstić information content (AvgIpc) is 2.98. The fraction of sp³-hybridized carbons (Fsp3) is 0.375. The van der Waals surface area contributed by atoms with Gasteiger partial charge in [0.15, 0.2) is 4.34 Å². The zero-order chi connectivity index (χ0) is 18.4. The molecule has 142 valence electrons. The Morgan fingerprint density at radius 3 is 2.77 bits per heavy atom. The molecule has 2 rings (SSSR count). The van der Waals surface area contributed by atoms with E-state index < -0.39 is 4.92 Å². The van der Waals surface area contributed by atoms with Crippen molar-refractivity contribution >= 4 is 47.1 Å². The van der Waals surface area contributed by atoms with Crippen LogP contribution in [0.4, 0.5) is 5.69 Å². The normalized spacial score (nSPS) is 11.5. The summed E-state index contributed by atoms with van der Waals surface area (Å²) in [5.74, 6) is -0.325. The van der Waals surface area contributed by atoms with Gasteiger partial charge in [0.1, 0.15) is 0 Å². The number of benzene rings is 1. The molecule has 0 fully saturated rings. The van der Waals surface area contributed by atoms with E-state index in [0.717, 1.165) is 16.6 Å². The lowest BCUT2D eigenvalue weighted by Crippen LogP contribution is -2.38. The van der Waals surface area contributed by atoms with Crippen molar-refractivity contribution in [3.63, 3.8) is 0 Å². The molecule has 1 heterocycles. The van der Waals surface area contributed by atoms with E-state index in [0.29, 0.717) is 11.4 Å². The van der Waals surface area contributed by atoms with E-state index in [2.05, 4.69) is 15.6 Å². The number of nitro groups is 1. The van der Waals surface area contributed by atoms with E-state index in [1.807, 2.05) is 26.2 Å². The second-order valence-electron chi connectivity index (χ2n) is 5.47. The quantitative estimate of drug-likeness (QED) is 0.503. The second kappa shape index (κ2) is 10.5. The van der Waals surface area contributed by atoms with Crippen LogP contribution in [0.1, 0.15) is 29.9 Å². The van der Waals surface area contributed by atoms with Gasteiger partial charge in [0.25, 0.3) is 11.6 Å².